The van der Waals surface area contributed by atoms with Crippen LogP contribution in [-0.4, -0.2) is 25.7 Å². The van der Waals surface area contributed by atoms with E-state index in [2.05, 4.69) is 0 Å². The van der Waals surface area contributed by atoms with Crippen molar-refractivity contribution in [3.05, 3.63) is 29.8 Å². The minimum Gasteiger partial charge on any atom is -0.391 e. The van der Waals surface area contributed by atoms with Crippen LogP contribution in [0.5, 0.6) is 0 Å². The smallest absolute Gasteiger partial charge is 0.297 e. The topological polar surface area (TPSA) is 63.6 Å². The van der Waals surface area contributed by atoms with Crippen LogP contribution < -0.4 is 0 Å². The standard InChI is InChI=1S/C11H16O4S/c1-8-4-6-11(7-5-8)16(13,14)15-10(3)9(2)12/h4-7,9-10,12H,1-3H3/t9-,10+/m1/s1. The number of aryl methyl sites for hydroxylation is 1. The lowest BCUT2D eigenvalue weighted by Crippen LogP contribution is -2.26. The molecule has 1 N–H and O–H groups in total. The molecule has 0 aliphatic heterocycles. The molecule has 0 aliphatic rings. The summed E-state index contributed by atoms with van der Waals surface area (Å²) < 4.78 is 28.3. The molecule has 0 heterocycles. The van der Waals surface area contributed by atoms with Gasteiger partial charge in [-0.25, -0.2) is 0 Å². The molecule has 0 radical (unpaired) electrons. The molecule has 4 nitrogen and oxygen atoms in total. The molecule has 0 unspecified atom stereocenters. The zero-order chi connectivity index (χ0) is 12.3. The van der Waals surface area contributed by atoms with Gasteiger partial charge in [0.2, 0.25) is 0 Å². The third kappa shape index (κ3) is 3.30. The highest BCUT2D eigenvalue weighted by Gasteiger charge is 2.21. The fraction of sp³-hybridized carbons (Fsp3) is 0.455. The number of aliphatic hydroxyl groups excluding tert-OH is 1. The van der Waals surface area contributed by atoms with Crippen LogP contribution in [0.1, 0.15) is 19.4 Å². The summed E-state index contributed by atoms with van der Waals surface area (Å²) in [6.07, 6.45) is -1.59. The summed E-state index contributed by atoms with van der Waals surface area (Å²) in [5.74, 6) is 0. The molecule has 90 valence electrons. The van der Waals surface area contributed by atoms with E-state index >= 15 is 0 Å². The Hall–Kier alpha value is -0.910. The van der Waals surface area contributed by atoms with Gasteiger partial charge in [-0.05, 0) is 32.9 Å². The Morgan fingerprint density at radius 3 is 2.12 bits per heavy atom. The van der Waals surface area contributed by atoms with Crippen molar-refractivity contribution in [3.8, 4) is 0 Å². The molecule has 0 amide bonds. The van der Waals surface area contributed by atoms with E-state index in [-0.39, 0.29) is 4.90 Å². The first kappa shape index (κ1) is 13.2. The van der Waals surface area contributed by atoms with E-state index in [9.17, 15) is 13.5 Å². The van der Waals surface area contributed by atoms with Gasteiger partial charge in [-0.15, -0.1) is 0 Å². The normalized spacial score (nSPS) is 15.8. The molecular weight excluding hydrogens is 228 g/mol. The molecule has 1 aromatic carbocycles. The summed E-state index contributed by atoms with van der Waals surface area (Å²) in [6.45, 7) is 4.86. The van der Waals surface area contributed by atoms with Crippen LogP contribution in [0.4, 0.5) is 0 Å². The van der Waals surface area contributed by atoms with Gasteiger partial charge in [-0.3, -0.25) is 4.18 Å². The van der Waals surface area contributed by atoms with Gasteiger partial charge < -0.3 is 5.11 Å². The molecule has 0 fully saturated rings. The third-order valence-electron chi connectivity index (χ3n) is 2.27. The highest BCUT2D eigenvalue weighted by Crippen LogP contribution is 2.16. The Morgan fingerprint density at radius 2 is 1.69 bits per heavy atom. The summed E-state index contributed by atoms with van der Waals surface area (Å²) >= 11 is 0. The quantitative estimate of drug-likeness (QED) is 0.815. The lowest BCUT2D eigenvalue weighted by Gasteiger charge is -2.15. The number of hydrogen-bond donors (Lipinski definition) is 1. The summed E-state index contributed by atoms with van der Waals surface area (Å²) in [6, 6.07) is 6.37. The Morgan fingerprint density at radius 1 is 1.19 bits per heavy atom. The maximum Gasteiger partial charge on any atom is 0.297 e. The number of hydrogen-bond acceptors (Lipinski definition) is 4. The van der Waals surface area contributed by atoms with Gasteiger partial charge >= 0.3 is 0 Å². The summed E-state index contributed by atoms with van der Waals surface area (Å²) in [5.41, 5.74) is 0.975. The average Bonchev–Trinajstić information content (AvgIpc) is 2.17. The molecule has 16 heavy (non-hydrogen) atoms. The van der Waals surface area contributed by atoms with Crippen LogP contribution >= 0.6 is 0 Å². The Bertz CT molecular complexity index is 434. The zero-order valence-corrected chi connectivity index (χ0v) is 10.4. The Kier molecular flexibility index (Phi) is 4.07. The lowest BCUT2D eigenvalue weighted by atomic mass is 10.2. The Labute approximate surface area is 96.0 Å². The second-order valence-corrected chi connectivity index (χ2v) is 5.38. The fourth-order valence-corrected chi connectivity index (χ4v) is 2.18. The van der Waals surface area contributed by atoms with E-state index in [1.807, 2.05) is 6.92 Å². The maximum absolute atomic E-state index is 11.7. The molecule has 1 rings (SSSR count). The highest BCUT2D eigenvalue weighted by atomic mass is 32.2. The maximum atomic E-state index is 11.7. The van der Waals surface area contributed by atoms with Crippen molar-refractivity contribution in [2.45, 2.75) is 37.9 Å². The SMILES string of the molecule is Cc1ccc(S(=O)(=O)O[C@@H](C)[C@@H](C)O)cc1. The summed E-state index contributed by atoms with van der Waals surface area (Å²) in [7, 11) is -3.78. The predicted molar refractivity (Wildman–Crippen MR) is 60.6 cm³/mol. The van der Waals surface area contributed by atoms with Crippen LogP contribution in [-0.2, 0) is 14.3 Å². The van der Waals surface area contributed by atoms with Gasteiger partial charge in [-0.1, -0.05) is 17.7 Å². The monoisotopic (exact) mass is 244 g/mol. The van der Waals surface area contributed by atoms with E-state index in [0.717, 1.165) is 5.56 Å². The van der Waals surface area contributed by atoms with Gasteiger partial charge in [-0.2, -0.15) is 8.42 Å². The second-order valence-electron chi connectivity index (χ2n) is 3.81. The summed E-state index contributed by atoms with van der Waals surface area (Å²) in [5, 5.41) is 9.19. The number of benzene rings is 1. The fourth-order valence-electron chi connectivity index (χ4n) is 1.04. The van der Waals surface area contributed by atoms with Gasteiger partial charge in [0.05, 0.1) is 11.0 Å². The van der Waals surface area contributed by atoms with Crippen LogP contribution in [0.25, 0.3) is 0 Å². The van der Waals surface area contributed by atoms with Gasteiger partial charge in [0.25, 0.3) is 10.1 Å². The van der Waals surface area contributed by atoms with Crippen molar-refractivity contribution in [2.75, 3.05) is 0 Å². The van der Waals surface area contributed by atoms with Crippen molar-refractivity contribution >= 4 is 10.1 Å². The van der Waals surface area contributed by atoms with Crippen molar-refractivity contribution < 1.29 is 17.7 Å². The number of aliphatic hydroxyl groups is 1. The first-order valence-corrected chi connectivity index (χ1v) is 6.42. The average molecular weight is 244 g/mol. The van der Waals surface area contributed by atoms with Gasteiger partial charge in [0.1, 0.15) is 6.10 Å². The van der Waals surface area contributed by atoms with Crippen molar-refractivity contribution in [2.24, 2.45) is 0 Å². The third-order valence-corrected chi connectivity index (χ3v) is 3.67. The first-order valence-electron chi connectivity index (χ1n) is 5.01. The molecule has 1 aromatic rings. The van der Waals surface area contributed by atoms with E-state index in [1.165, 1.54) is 26.0 Å². The van der Waals surface area contributed by atoms with E-state index in [0.29, 0.717) is 0 Å². The molecule has 0 aromatic heterocycles. The molecule has 0 saturated carbocycles. The van der Waals surface area contributed by atoms with Crippen molar-refractivity contribution in [3.63, 3.8) is 0 Å². The van der Waals surface area contributed by atoms with E-state index in [4.69, 9.17) is 4.18 Å². The van der Waals surface area contributed by atoms with Crippen LogP contribution in [0, 0.1) is 6.92 Å². The van der Waals surface area contributed by atoms with E-state index < -0.39 is 22.3 Å². The van der Waals surface area contributed by atoms with Gasteiger partial charge in [0.15, 0.2) is 0 Å². The van der Waals surface area contributed by atoms with Crippen LogP contribution in [0.15, 0.2) is 29.2 Å². The minimum absolute atomic E-state index is 0.102. The summed E-state index contributed by atoms with van der Waals surface area (Å²) in [4.78, 5) is 0.102. The largest absolute Gasteiger partial charge is 0.391 e. The molecule has 0 bridgehead atoms. The van der Waals surface area contributed by atoms with Crippen molar-refractivity contribution in [1.29, 1.82) is 0 Å². The van der Waals surface area contributed by atoms with Crippen molar-refractivity contribution in [1.82, 2.24) is 0 Å². The van der Waals surface area contributed by atoms with Crippen LogP contribution in [0.3, 0.4) is 0 Å². The zero-order valence-electron chi connectivity index (χ0n) is 9.54. The molecule has 0 spiro atoms. The minimum atomic E-state index is -3.78. The van der Waals surface area contributed by atoms with Crippen LogP contribution in [0.2, 0.25) is 0 Å². The second kappa shape index (κ2) is 4.95. The first-order chi connectivity index (χ1) is 7.33. The molecule has 5 heteroatoms. The van der Waals surface area contributed by atoms with E-state index in [1.54, 1.807) is 12.1 Å². The lowest BCUT2D eigenvalue weighted by molar-refractivity contribution is 0.0646. The van der Waals surface area contributed by atoms with Gasteiger partial charge in [0, 0.05) is 0 Å². The molecule has 2 atom stereocenters. The predicted octanol–water partition coefficient (Wildman–Crippen LogP) is 1.47. The number of rotatable bonds is 4. The molecule has 0 saturated heterocycles. The molecular formula is C11H16O4S. The molecule has 0 aliphatic carbocycles. The highest BCUT2D eigenvalue weighted by molar-refractivity contribution is 7.86. The Balaban J connectivity index is 2.90.